The van der Waals surface area contributed by atoms with Gasteiger partial charge in [-0.2, -0.15) is 4.31 Å². The molecule has 0 radical (unpaired) electrons. The van der Waals surface area contributed by atoms with Crippen molar-refractivity contribution in [2.24, 2.45) is 0 Å². The van der Waals surface area contributed by atoms with E-state index in [9.17, 15) is 18.0 Å². The molecule has 10 heteroatoms. The smallest absolute Gasteiger partial charge is 0.243 e. The van der Waals surface area contributed by atoms with Crippen molar-refractivity contribution in [2.45, 2.75) is 44.2 Å². The van der Waals surface area contributed by atoms with Crippen molar-refractivity contribution in [1.82, 2.24) is 14.5 Å². The quantitative estimate of drug-likeness (QED) is 0.319. The first-order valence-corrected chi connectivity index (χ1v) is 14.8. The minimum atomic E-state index is -3.95. The molecule has 0 saturated carbocycles. The van der Waals surface area contributed by atoms with Crippen LogP contribution in [0.25, 0.3) is 0 Å². The first-order valence-electron chi connectivity index (χ1n) is 12.6. The zero-order valence-corrected chi connectivity index (χ0v) is 24.6. The number of aryl methyl sites for hydroxylation is 1. The molecule has 39 heavy (non-hydrogen) atoms. The van der Waals surface area contributed by atoms with Crippen molar-refractivity contribution in [3.8, 4) is 0 Å². The highest BCUT2D eigenvalue weighted by atomic mass is 35.5. The van der Waals surface area contributed by atoms with Crippen molar-refractivity contribution in [3.63, 3.8) is 0 Å². The molecule has 3 aromatic carbocycles. The van der Waals surface area contributed by atoms with E-state index in [1.807, 2.05) is 44.2 Å². The molecule has 0 bridgehead atoms. The summed E-state index contributed by atoms with van der Waals surface area (Å²) in [4.78, 5) is 28.8. The zero-order valence-electron chi connectivity index (χ0n) is 22.2. The molecular formula is C29H33Cl2N3O4S. The van der Waals surface area contributed by atoms with Crippen molar-refractivity contribution < 1.29 is 18.0 Å². The number of sulfonamides is 1. The molecular weight excluding hydrogens is 557 g/mol. The summed E-state index contributed by atoms with van der Waals surface area (Å²) < 4.78 is 27.5. The van der Waals surface area contributed by atoms with Gasteiger partial charge in [0.25, 0.3) is 0 Å². The van der Waals surface area contributed by atoms with Gasteiger partial charge in [0.05, 0.1) is 11.4 Å². The summed E-state index contributed by atoms with van der Waals surface area (Å²) >= 11 is 12.5. The van der Waals surface area contributed by atoms with Crippen LogP contribution in [-0.4, -0.2) is 55.6 Å². The van der Waals surface area contributed by atoms with Gasteiger partial charge in [0.2, 0.25) is 21.8 Å². The number of nitrogens with zero attached hydrogens (tertiary/aromatic N) is 2. The molecule has 0 aliphatic heterocycles. The molecule has 1 atom stereocenters. The van der Waals surface area contributed by atoms with Crippen molar-refractivity contribution in [3.05, 3.63) is 99.5 Å². The van der Waals surface area contributed by atoms with E-state index >= 15 is 0 Å². The molecule has 0 fully saturated rings. The number of likely N-dealkylation sites (N-methyl/N-ethyl adjacent to an activating group) is 1. The molecule has 1 N–H and O–H groups in total. The molecule has 0 spiro atoms. The van der Waals surface area contributed by atoms with E-state index in [2.05, 4.69) is 5.32 Å². The summed E-state index contributed by atoms with van der Waals surface area (Å²) in [5.41, 5.74) is 2.36. The number of rotatable bonds is 12. The zero-order chi connectivity index (χ0) is 28.6. The number of hydrogen-bond acceptors (Lipinski definition) is 4. The maximum atomic E-state index is 13.8. The predicted octanol–water partition coefficient (Wildman–Crippen LogP) is 5.09. The van der Waals surface area contributed by atoms with Crippen LogP contribution in [0.15, 0.2) is 77.7 Å². The van der Waals surface area contributed by atoms with Gasteiger partial charge in [-0.1, -0.05) is 84.2 Å². The summed E-state index contributed by atoms with van der Waals surface area (Å²) in [6.07, 6.45) is 0.958. The molecule has 0 aliphatic rings. The molecule has 208 valence electrons. The van der Waals surface area contributed by atoms with Crippen LogP contribution >= 0.6 is 23.2 Å². The van der Waals surface area contributed by atoms with Crippen molar-refractivity contribution in [2.75, 3.05) is 20.1 Å². The Morgan fingerprint density at radius 1 is 0.974 bits per heavy atom. The van der Waals surface area contributed by atoms with E-state index in [1.54, 1.807) is 30.3 Å². The summed E-state index contributed by atoms with van der Waals surface area (Å²) in [5.74, 6) is -0.866. The van der Waals surface area contributed by atoms with E-state index in [4.69, 9.17) is 23.2 Å². The van der Waals surface area contributed by atoms with Gasteiger partial charge in [-0.15, -0.1) is 0 Å². The molecule has 0 saturated heterocycles. The average molecular weight is 591 g/mol. The molecule has 3 rings (SSSR count). The lowest BCUT2D eigenvalue weighted by Crippen LogP contribution is -2.53. The number of hydrogen-bond donors (Lipinski definition) is 1. The average Bonchev–Trinajstić information content (AvgIpc) is 2.91. The van der Waals surface area contributed by atoms with Crippen LogP contribution < -0.4 is 5.32 Å². The predicted molar refractivity (Wildman–Crippen MR) is 155 cm³/mol. The summed E-state index contributed by atoms with van der Waals surface area (Å²) in [6, 6.07) is 19.8. The Morgan fingerprint density at radius 2 is 1.64 bits per heavy atom. The van der Waals surface area contributed by atoms with Crippen LogP contribution in [0.2, 0.25) is 10.0 Å². The SMILES string of the molecule is CCCNC(=O)[C@H](Cc1ccccc1)N(Cc1ccc(Cl)cc1Cl)C(=O)CN(C)S(=O)(=O)c1ccc(C)cc1. The topological polar surface area (TPSA) is 86.8 Å². The molecule has 0 aromatic heterocycles. The van der Waals surface area contributed by atoms with Crippen LogP contribution in [0.4, 0.5) is 0 Å². The fourth-order valence-corrected chi connectivity index (χ4v) is 5.60. The number of benzene rings is 3. The number of halogens is 2. The maximum absolute atomic E-state index is 13.8. The van der Waals surface area contributed by atoms with Gasteiger partial charge in [-0.25, -0.2) is 8.42 Å². The van der Waals surface area contributed by atoms with Gasteiger partial charge in [0.1, 0.15) is 6.04 Å². The second-order valence-electron chi connectivity index (χ2n) is 9.33. The Morgan fingerprint density at radius 3 is 2.26 bits per heavy atom. The monoisotopic (exact) mass is 589 g/mol. The van der Waals surface area contributed by atoms with Gasteiger partial charge >= 0.3 is 0 Å². The third kappa shape index (κ3) is 8.29. The van der Waals surface area contributed by atoms with Gasteiger partial charge in [0.15, 0.2) is 0 Å². The molecule has 0 heterocycles. The van der Waals surface area contributed by atoms with E-state index in [-0.39, 0.29) is 23.8 Å². The normalized spacial score (nSPS) is 12.3. The maximum Gasteiger partial charge on any atom is 0.243 e. The highest BCUT2D eigenvalue weighted by Gasteiger charge is 2.33. The van der Waals surface area contributed by atoms with Crippen LogP contribution in [0, 0.1) is 6.92 Å². The third-order valence-corrected chi connectivity index (χ3v) is 8.67. The Balaban J connectivity index is 1.98. The van der Waals surface area contributed by atoms with Crippen molar-refractivity contribution >= 4 is 45.0 Å². The second-order valence-corrected chi connectivity index (χ2v) is 12.2. The number of carbonyl (C=O) groups excluding carboxylic acids is 2. The van der Waals surface area contributed by atoms with E-state index in [0.717, 1.165) is 21.9 Å². The lowest BCUT2D eigenvalue weighted by atomic mass is 10.0. The van der Waals surface area contributed by atoms with Crippen LogP contribution in [-0.2, 0) is 32.6 Å². The van der Waals surface area contributed by atoms with Crippen LogP contribution in [0.5, 0.6) is 0 Å². The highest BCUT2D eigenvalue weighted by molar-refractivity contribution is 7.89. The lowest BCUT2D eigenvalue weighted by molar-refractivity contribution is -0.141. The Bertz CT molecular complexity index is 1380. The summed E-state index contributed by atoms with van der Waals surface area (Å²) in [5, 5.41) is 3.67. The van der Waals surface area contributed by atoms with Crippen LogP contribution in [0.3, 0.4) is 0 Å². The van der Waals surface area contributed by atoms with Gasteiger partial charge in [0, 0.05) is 36.6 Å². The van der Waals surface area contributed by atoms with E-state index < -0.39 is 28.5 Å². The first-order chi connectivity index (χ1) is 18.5. The van der Waals surface area contributed by atoms with Gasteiger partial charge in [-0.3, -0.25) is 9.59 Å². The molecule has 0 unspecified atom stereocenters. The number of nitrogens with one attached hydrogen (secondary N) is 1. The molecule has 3 aromatic rings. The van der Waals surface area contributed by atoms with E-state index in [0.29, 0.717) is 22.2 Å². The standard InChI is InChI=1S/C29H33Cl2N3O4S/c1-4-16-32-29(36)27(17-22-8-6-5-7-9-22)34(19-23-12-13-24(30)18-26(23)31)28(35)20-33(3)39(37,38)25-14-10-21(2)11-15-25/h5-15,18,27H,4,16-17,19-20H2,1-3H3,(H,32,36)/t27-/m0/s1. The lowest BCUT2D eigenvalue weighted by Gasteiger charge is -2.33. The number of carbonyl (C=O) groups is 2. The molecule has 7 nitrogen and oxygen atoms in total. The van der Waals surface area contributed by atoms with Gasteiger partial charge < -0.3 is 10.2 Å². The van der Waals surface area contributed by atoms with Crippen molar-refractivity contribution in [1.29, 1.82) is 0 Å². The Kier molecular flexibility index (Phi) is 10.9. The molecule has 2 amide bonds. The second kappa shape index (κ2) is 13.9. The minimum absolute atomic E-state index is 0.00962. The number of amides is 2. The highest BCUT2D eigenvalue weighted by Crippen LogP contribution is 2.25. The first kappa shape index (κ1) is 30.6. The molecule has 0 aliphatic carbocycles. The Hall–Kier alpha value is -2.91. The van der Waals surface area contributed by atoms with Crippen LogP contribution in [0.1, 0.15) is 30.0 Å². The Labute approximate surface area is 240 Å². The fraction of sp³-hybridized carbons (Fsp3) is 0.310. The van der Waals surface area contributed by atoms with Gasteiger partial charge in [-0.05, 0) is 48.7 Å². The summed E-state index contributed by atoms with van der Waals surface area (Å²) in [7, 11) is -2.60. The third-order valence-electron chi connectivity index (χ3n) is 6.26. The minimum Gasteiger partial charge on any atom is -0.354 e. The van der Waals surface area contributed by atoms with E-state index in [1.165, 1.54) is 24.1 Å². The fourth-order valence-electron chi connectivity index (χ4n) is 4.01. The summed E-state index contributed by atoms with van der Waals surface area (Å²) in [6.45, 7) is 3.77. The largest absolute Gasteiger partial charge is 0.354 e.